The maximum atomic E-state index is 3.76. The van der Waals surface area contributed by atoms with Crippen molar-refractivity contribution < 1.29 is 0 Å². The molecule has 0 fully saturated rings. The van der Waals surface area contributed by atoms with Crippen molar-refractivity contribution in [3.8, 4) is 0 Å². The minimum Gasteiger partial charge on any atom is -0.359 e. The lowest BCUT2D eigenvalue weighted by molar-refractivity contribution is 0.742. The smallest absolute Gasteiger partial charge is 0.225 e. The van der Waals surface area contributed by atoms with Crippen LogP contribution in [0.2, 0.25) is 0 Å². The number of nitrogens with zero attached hydrogens (tertiary/aromatic N) is 3. The molecule has 0 unspecified atom stereocenters. The molecular weight excluding hydrogens is 160 g/mol. The minimum absolute atomic E-state index is 0.820. The fraction of sp³-hybridized carbons (Fsp3) is 0.833. The highest BCUT2D eigenvalue weighted by Gasteiger charge is 1.93. The van der Waals surface area contributed by atoms with Crippen LogP contribution in [0.1, 0.15) is 26.2 Å². The molecule has 1 aromatic rings. The minimum atomic E-state index is 0.820. The Morgan fingerprint density at radius 2 is 2.36 bits per heavy atom. The van der Waals surface area contributed by atoms with E-state index in [1.807, 2.05) is 0 Å². The number of hydrogen-bond donors (Lipinski definition) is 1. The van der Waals surface area contributed by atoms with Gasteiger partial charge in [-0.3, -0.25) is 0 Å². The summed E-state index contributed by atoms with van der Waals surface area (Å²) in [5.74, 6) is 0. The molecule has 1 rings (SSSR count). The summed E-state index contributed by atoms with van der Waals surface area (Å²) in [6, 6.07) is 0. The van der Waals surface area contributed by atoms with Gasteiger partial charge in [0.2, 0.25) is 5.13 Å². The lowest BCUT2D eigenvalue weighted by Gasteiger charge is -1.98. The molecule has 0 atom stereocenters. The molecule has 0 aliphatic heterocycles. The van der Waals surface area contributed by atoms with Gasteiger partial charge >= 0.3 is 0 Å². The Bertz CT molecular complexity index is 175. The van der Waals surface area contributed by atoms with Crippen LogP contribution in [0.25, 0.3) is 0 Å². The van der Waals surface area contributed by atoms with E-state index in [1.54, 1.807) is 0 Å². The summed E-state index contributed by atoms with van der Waals surface area (Å²) in [5, 5.41) is 11.2. The van der Waals surface area contributed by atoms with Crippen molar-refractivity contribution in [3.05, 3.63) is 0 Å². The van der Waals surface area contributed by atoms with Crippen molar-refractivity contribution in [2.24, 2.45) is 0 Å². The Labute approximate surface area is 70.2 Å². The Morgan fingerprint density at radius 3 is 3.00 bits per heavy atom. The Balaban J connectivity index is 2.04. The first-order valence-electron chi connectivity index (χ1n) is 3.82. The summed E-state index contributed by atoms with van der Waals surface area (Å²) in [6.07, 6.45) is 3.70. The zero-order valence-electron chi connectivity index (χ0n) is 6.58. The third-order valence-electron chi connectivity index (χ3n) is 1.36. The van der Waals surface area contributed by atoms with E-state index < -0.39 is 0 Å². The summed E-state index contributed by atoms with van der Waals surface area (Å²) in [7, 11) is 0. The third kappa shape index (κ3) is 3.27. The van der Waals surface area contributed by atoms with Crippen molar-refractivity contribution >= 4 is 16.7 Å². The van der Waals surface area contributed by atoms with Gasteiger partial charge in [-0.05, 0) is 11.6 Å². The second-order valence-corrected chi connectivity index (χ2v) is 3.03. The number of nitrogens with one attached hydrogen (secondary N) is 1. The highest BCUT2D eigenvalue weighted by atomic mass is 32.1. The van der Waals surface area contributed by atoms with Crippen molar-refractivity contribution in [3.63, 3.8) is 0 Å². The van der Waals surface area contributed by atoms with E-state index in [-0.39, 0.29) is 0 Å². The molecule has 0 aliphatic rings. The van der Waals surface area contributed by atoms with Crippen LogP contribution in [0.3, 0.4) is 0 Å². The van der Waals surface area contributed by atoms with Crippen molar-refractivity contribution in [1.82, 2.24) is 14.8 Å². The number of hydrogen-bond acceptors (Lipinski definition) is 5. The standard InChI is InChI=1S/C6H12N4S/c1-2-3-4-5-7-6-8-9-10-11-6/h2-5H2,1H3,(H,7,8,10). The van der Waals surface area contributed by atoms with E-state index in [2.05, 4.69) is 27.0 Å². The van der Waals surface area contributed by atoms with Crippen LogP contribution in [0.4, 0.5) is 5.13 Å². The van der Waals surface area contributed by atoms with E-state index in [4.69, 9.17) is 0 Å². The molecule has 1 heterocycles. The maximum Gasteiger partial charge on any atom is 0.225 e. The molecule has 0 aromatic carbocycles. The van der Waals surface area contributed by atoms with Crippen LogP contribution in [-0.2, 0) is 0 Å². The summed E-state index contributed by atoms with van der Waals surface area (Å²) >= 11 is 1.30. The van der Waals surface area contributed by atoms with Crippen LogP contribution in [0.5, 0.6) is 0 Å². The van der Waals surface area contributed by atoms with E-state index in [0.717, 1.165) is 11.7 Å². The predicted molar refractivity (Wildman–Crippen MR) is 45.7 cm³/mol. The topological polar surface area (TPSA) is 50.7 Å². The zero-order valence-corrected chi connectivity index (χ0v) is 7.39. The molecule has 1 N–H and O–H groups in total. The lowest BCUT2D eigenvalue weighted by atomic mass is 10.2. The second kappa shape index (κ2) is 5.01. The monoisotopic (exact) mass is 172 g/mol. The highest BCUT2D eigenvalue weighted by Crippen LogP contribution is 2.04. The summed E-state index contributed by atoms with van der Waals surface area (Å²) in [4.78, 5) is 0. The second-order valence-electron chi connectivity index (χ2n) is 2.30. The Morgan fingerprint density at radius 1 is 1.45 bits per heavy atom. The quantitative estimate of drug-likeness (QED) is 0.684. The summed E-state index contributed by atoms with van der Waals surface area (Å²) in [5.41, 5.74) is 0. The maximum absolute atomic E-state index is 3.76. The molecule has 11 heavy (non-hydrogen) atoms. The molecule has 0 spiro atoms. The SMILES string of the molecule is CCCCCNc1nnns1. The van der Waals surface area contributed by atoms with Gasteiger partial charge < -0.3 is 5.32 Å². The molecule has 0 bridgehead atoms. The number of anilines is 1. The van der Waals surface area contributed by atoms with E-state index in [1.165, 1.54) is 30.8 Å². The fourth-order valence-electron chi connectivity index (χ4n) is 0.772. The number of rotatable bonds is 5. The van der Waals surface area contributed by atoms with Gasteiger partial charge in [-0.2, -0.15) is 0 Å². The van der Waals surface area contributed by atoms with Gasteiger partial charge in [0.15, 0.2) is 0 Å². The van der Waals surface area contributed by atoms with Gasteiger partial charge in [0.05, 0.1) is 0 Å². The molecule has 0 saturated carbocycles. The highest BCUT2D eigenvalue weighted by molar-refractivity contribution is 7.09. The van der Waals surface area contributed by atoms with Crippen molar-refractivity contribution in [2.45, 2.75) is 26.2 Å². The molecule has 0 radical (unpaired) electrons. The largest absolute Gasteiger partial charge is 0.359 e. The number of aromatic nitrogens is 3. The average molecular weight is 172 g/mol. The normalized spacial score (nSPS) is 9.91. The predicted octanol–water partition coefficient (Wildman–Crippen LogP) is 1.54. The Kier molecular flexibility index (Phi) is 3.82. The molecule has 0 saturated heterocycles. The molecular formula is C6H12N4S. The van der Waals surface area contributed by atoms with Crippen LogP contribution in [-0.4, -0.2) is 21.3 Å². The molecule has 62 valence electrons. The molecule has 0 amide bonds. The molecule has 4 nitrogen and oxygen atoms in total. The Hall–Kier alpha value is -0.710. The van der Waals surface area contributed by atoms with Crippen LogP contribution < -0.4 is 5.32 Å². The average Bonchev–Trinajstić information content (AvgIpc) is 2.50. The van der Waals surface area contributed by atoms with Gasteiger partial charge in [-0.15, -0.1) is 0 Å². The molecule has 0 aliphatic carbocycles. The van der Waals surface area contributed by atoms with Crippen LogP contribution in [0, 0.1) is 0 Å². The van der Waals surface area contributed by atoms with Crippen LogP contribution >= 0.6 is 11.5 Å². The first-order valence-corrected chi connectivity index (χ1v) is 4.59. The van der Waals surface area contributed by atoms with E-state index in [9.17, 15) is 0 Å². The summed E-state index contributed by atoms with van der Waals surface area (Å²) < 4.78 is 3.64. The lowest BCUT2D eigenvalue weighted by Crippen LogP contribution is -2.00. The van der Waals surface area contributed by atoms with Gasteiger partial charge in [0.25, 0.3) is 0 Å². The third-order valence-corrected chi connectivity index (χ3v) is 1.91. The van der Waals surface area contributed by atoms with Gasteiger partial charge in [0.1, 0.15) is 0 Å². The summed E-state index contributed by atoms with van der Waals surface area (Å²) in [6.45, 7) is 3.16. The van der Waals surface area contributed by atoms with Gasteiger partial charge in [-0.25, -0.2) is 0 Å². The molecule has 1 aromatic heterocycles. The van der Waals surface area contributed by atoms with Crippen LogP contribution in [0.15, 0.2) is 0 Å². The first kappa shape index (κ1) is 8.39. The molecule has 5 heteroatoms. The van der Waals surface area contributed by atoms with E-state index >= 15 is 0 Å². The fourth-order valence-corrected chi connectivity index (χ4v) is 1.16. The zero-order chi connectivity index (χ0) is 7.94. The van der Waals surface area contributed by atoms with Crippen molar-refractivity contribution in [2.75, 3.05) is 11.9 Å². The van der Waals surface area contributed by atoms with Gasteiger partial charge in [0, 0.05) is 18.1 Å². The van der Waals surface area contributed by atoms with E-state index in [0.29, 0.717) is 0 Å². The van der Waals surface area contributed by atoms with Crippen molar-refractivity contribution in [1.29, 1.82) is 0 Å². The number of unbranched alkanes of at least 4 members (excludes halogenated alkanes) is 2. The van der Waals surface area contributed by atoms with Gasteiger partial charge in [-0.1, -0.05) is 29.4 Å². The first-order chi connectivity index (χ1) is 5.43.